The first-order valence-corrected chi connectivity index (χ1v) is 6.47. The third-order valence-electron chi connectivity index (χ3n) is 2.67. The number of aromatic nitrogens is 2. The minimum atomic E-state index is 0.434. The lowest BCUT2D eigenvalue weighted by molar-refractivity contribution is 0.662. The van der Waals surface area contributed by atoms with Gasteiger partial charge in [0.1, 0.15) is 0 Å². The lowest BCUT2D eigenvalue weighted by atomic mass is 10.3. The fourth-order valence-corrected chi connectivity index (χ4v) is 1.73. The quantitative estimate of drug-likeness (QED) is 0.737. The highest BCUT2D eigenvalue weighted by atomic mass is 15.3. The lowest BCUT2D eigenvalue weighted by Crippen LogP contribution is -2.32. The van der Waals surface area contributed by atoms with E-state index in [1.165, 1.54) is 0 Å². The Morgan fingerprint density at radius 3 is 2.35 bits per heavy atom. The third kappa shape index (κ3) is 4.30. The highest BCUT2D eigenvalue weighted by Crippen LogP contribution is 2.10. The summed E-state index contributed by atoms with van der Waals surface area (Å²) >= 11 is 0. The van der Waals surface area contributed by atoms with Gasteiger partial charge in [0.2, 0.25) is 5.95 Å². The summed E-state index contributed by atoms with van der Waals surface area (Å²) in [7, 11) is 0. The zero-order valence-electron chi connectivity index (χ0n) is 11.4. The second kappa shape index (κ2) is 7.22. The van der Waals surface area contributed by atoms with Gasteiger partial charge in [-0.05, 0) is 33.7 Å². The van der Waals surface area contributed by atoms with Crippen LogP contribution in [0.3, 0.4) is 0 Å². The average Bonchev–Trinajstić information content (AvgIpc) is 2.32. The Bertz CT molecular complexity index is 308. The van der Waals surface area contributed by atoms with E-state index in [9.17, 15) is 0 Å². The molecule has 1 rings (SSSR count). The molecule has 0 spiro atoms. The standard InChI is InChI=1S/C13H24N4/c1-5-7-14-8-12-9-15-13(16-10-12)17(6-2)11(3)4/h9-11,14H,5-8H2,1-4H3. The van der Waals surface area contributed by atoms with Gasteiger partial charge in [-0.3, -0.25) is 0 Å². The molecule has 0 aliphatic heterocycles. The van der Waals surface area contributed by atoms with Gasteiger partial charge in [0.25, 0.3) is 0 Å². The summed E-state index contributed by atoms with van der Waals surface area (Å²) in [5.41, 5.74) is 1.14. The SMILES string of the molecule is CCCNCc1cnc(N(CC)C(C)C)nc1. The molecule has 0 aromatic carbocycles. The Morgan fingerprint density at radius 1 is 1.24 bits per heavy atom. The highest BCUT2D eigenvalue weighted by molar-refractivity contribution is 5.30. The number of nitrogens with zero attached hydrogens (tertiary/aromatic N) is 3. The van der Waals surface area contributed by atoms with Crippen LogP contribution in [-0.4, -0.2) is 29.1 Å². The van der Waals surface area contributed by atoms with Crippen molar-refractivity contribution in [3.63, 3.8) is 0 Å². The maximum absolute atomic E-state index is 4.42. The predicted molar refractivity (Wildman–Crippen MR) is 72.2 cm³/mol. The summed E-state index contributed by atoms with van der Waals surface area (Å²) in [6.45, 7) is 11.4. The molecule has 0 radical (unpaired) electrons. The Kier molecular flexibility index (Phi) is 5.91. The van der Waals surface area contributed by atoms with Crippen LogP contribution in [0.2, 0.25) is 0 Å². The topological polar surface area (TPSA) is 41.1 Å². The van der Waals surface area contributed by atoms with E-state index < -0.39 is 0 Å². The molecule has 0 aliphatic carbocycles. The molecule has 96 valence electrons. The molecule has 0 saturated heterocycles. The first kappa shape index (κ1) is 13.9. The van der Waals surface area contributed by atoms with Crippen molar-refractivity contribution in [1.82, 2.24) is 15.3 Å². The van der Waals surface area contributed by atoms with Gasteiger partial charge in [-0.2, -0.15) is 0 Å². The van der Waals surface area contributed by atoms with Crippen molar-refractivity contribution in [2.45, 2.75) is 46.7 Å². The minimum Gasteiger partial charge on any atom is -0.339 e. The Morgan fingerprint density at radius 2 is 1.88 bits per heavy atom. The van der Waals surface area contributed by atoms with Crippen LogP contribution in [0.25, 0.3) is 0 Å². The number of hydrogen-bond donors (Lipinski definition) is 1. The number of anilines is 1. The smallest absolute Gasteiger partial charge is 0.225 e. The first-order valence-electron chi connectivity index (χ1n) is 6.47. The van der Waals surface area contributed by atoms with Gasteiger partial charge < -0.3 is 10.2 Å². The molecule has 4 nitrogen and oxygen atoms in total. The van der Waals surface area contributed by atoms with Crippen molar-refractivity contribution in [1.29, 1.82) is 0 Å². The first-order chi connectivity index (χ1) is 8.19. The molecule has 17 heavy (non-hydrogen) atoms. The van der Waals surface area contributed by atoms with Crippen LogP contribution >= 0.6 is 0 Å². The minimum absolute atomic E-state index is 0.434. The van der Waals surface area contributed by atoms with Gasteiger partial charge in [0.05, 0.1) is 0 Å². The van der Waals surface area contributed by atoms with Crippen LogP contribution in [0.4, 0.5) is 5.95 Å². The summed E-state index contributed by atoms with van der Waals surface area (Å²) in [6.07, 6.45) is 4.97. The van der Waals surface area contributed by atoms with Gasteiger partial charge >= 0.3 is 0 Å². The van der Waals surface area contributed by atoms with Crippen molar-refractivity contribution in [2.75, 3.05) is 18.0 Å². The molecule has 1 heterocycles. The second-order valence-electron chi connectivity index (χ2n) is 4.45. The van der Waals surface area contributed by atoms with Gasteiger partial charge in [0.15, 0.2) is 0 Å². The van der Waals surface area contributed by atoms with Crippen molar-refractivity contribution in [3.8, 4) is 0 Å². The summed E-state index contributed by atoms with van der Waals surface area (Å²) in [5, 5.41) is 3.34. The van der Waals surface area contributed by atoms with E-state index in [1.807, 2.05) is 12.4 Å². The molecule has 0 unspecified atom stereocenters. The summed E-state index contributed by atoms with van der Waals surface area (Å²) in [6, 6.07) is 0.434. The predicted octanol–water partition coefficient (Wildman–Crippen LogP) is 2.21. The molecule has 1 aromatic heterocycles. The Labute approximate surface area is 104 Å². The third-order valence-corrected chi connectivity index (χ3v) is 2.67. The van der Waals surface area contributed by atoms with Gasteiger partial charge in [-0.25, -0.2) is 9.97 Å². The van der Waals surface area contributed by atoms with Crippen molar-refractivity contribution < 1.29 is 0 Å². The zero-order valence-corrected chi connectivity index (χ0v) is 11.4. The monoisotopic (exact) mass is 236 g/mol. The largest absolute Gasteiger partial charge is 0.339 e. The molecular weight excluding hydrogens is 212 g/mol. The van der Waals surface area contributed by atoms with Crippen molar-refractivity contribution in [3.05, 3.63) is 18.0 Å². The molecule has 1 N–H and O–H groups in total. The van der Waals surface area contributed by atoms with Gasteiger partial charge in [-0.1, -0.05) is 6.92 Å². The van der Waals surface area contributed by atoms with Gasteiger partial charge in [0, 0.05) is 37.1 Å². The van der Waals surface area contributed by atoms with Crippen LogP contribution in [0.5, 0.6) is 0 Å². The lowest BCUT2D eigenvalue weighted by Gasteiger charge is -2.24. The van der Waals surface area contributed by atoms with Crippen LogP contribution < -0.4 is 10.2 Å². The average molecular weight is 236 g/mol. The Hall–Kier alpha value is -1.16. The maximum atomic E-state index is 4.42. The fourth-order valence-electron chi connectivity index (χ4n) is 1.73. The Balaban J connectivity index is 2.60. The van der Waals surface area contributed by atoms with E-state index in [4.69, 9.17) is 0 Å². The summed E-state index contributed by atoms with van der Waals surface area (Å²) in [4.78, 5) is 11.0. The normalized spacial score (nSPS) is 10.9. The van der Waals surface area contributed by atoms with Crippen LogP contribution in [0.15, 0.2) is 12.4 Å². The number of hydrogen-bond acceptors (Lipinski definition) is 4. The molecule has 0 amide bonds. The fraction of sp³-hybridized carbons (Fsp3) is 0.692. The maximum Gasteiger partial charge on any atom is 0.225 e. The molecule has 1 aromatic rings. The highest BCUT2D eigenvalue weighted by Gasteiger charge is 2.10. The van der Waals surface area contributed by atoms with E-state index in [2.05, 4.69) is 47.9 Å². The van der Waals surface area contributed by atoms with Crippen LogP contribution in [-0.2, 0) is 6.54 Å². The molecule has 4 heteroatoms. The van der Waals surface area contributed by atoms with Crippen molar-refractivity contribution in [2.24, 2.45) is 0 Å². The van der Waals surface area contributed by atoms with E-state index >= 15 is 0 Å². The van der Waals surface area contributed by atoms with Crippen LogP contribution in [0, 0.1) is 0 Å². The summed E-state index contributed by atoms with van der Waals surface area (Å²) < 4.78 is 0. The van der Waals surface area contributed by atoms with Crippen LogP contribution in [0.1, 0.15) is 39.7 Å². The molecule has 0 fully saturated rings. The van der Waals surface area contributed by atoms with Crippen molar-refractivity contribution >= 4 is 5.95 Å². The second-order valence-corrected chi connectivity index (χ2v) is 4.45. The number of rotatable bonds is 7. The number of nitrogens with one attached hydrogen (secondary N) is 1. The van der Waals surface area contributed by atoms with E-state index in [0.717, 1.165) is 37.6 Å². The van der Waals surface area contributed by atoms with E-state index in [1.54, 1.807) is 0 Å². The molecule has 0 atom stereocenters. The zero-order chi connectivity index (χ0) is 12.7. The molecule has 0 saturated carbocycles. The van der Waals surface area contributed by atoms with E-state index in [-0.39, 0.29) is 0 Å². The molecule has 0 bridgehead atoms. The van der Waals surface area contributed by atoms with Gasteiger partial charge in [-0.15, -0.1) is 0 Å². The summed E-state index contributed by atoms with van der Waals surface area (Å²) in [5.74, 6) is 0.821. The molecule has 0 aliphatic rings. The molecular formula is C13H24N4. The van der Waals surface area contributed by atoms with E-state index in [0.29, 0.717) is 6.04 Å².